The van der Waals surface area contributed by atoms with Crippen molar-refractivity contribution < 1.29 is 28.6 Å². The first kappa shape index (κ1) is 35.7. The van der Waals surface area contributed by atoms with Crippen LogP contribution in [0, 0.1) is 0 Å². The fraction of sp³-hybridized carbons (Fsp3) is 0.615. The fourth-order valence-corrected chi connectivity index (χ4v) is 9.43. The number of rotatable bonds is 6. The number of anilines is 2. The van der Waals surface area contributed by atoms with Crippen LogP contribution in [0.1, 0.15) is 97.9 Å². The van der Waals surface area contributed by atoms with Crippen molar-refractivity contribution in [2.75, 3.05) is 50.1 Å². The van der Waals surface area contributed by atoms with Gasteiger partial charge < -0.3 is 24.4 Å². The maximum Gasteiger partial charge on any atom is 0.412 e. The van der Waals surface area contributed by atoms with Crippen LogP contribution in [0.15, 0.2) is 24.3 Å². The number of hydrogen-bond acceptors (Lipinski definition) is 9. The Kier molecular flexibility index (Phi) is 8.91. The molecule has 53 heavy (non-hydrogen) atoms. The predicted molar refractivity (Wildman–Crippen MR) is 196 cm³/mol. The molecule has 1 aliphatic carbocycles. The molecule has 1 unspecified atom stereocenters. The van der Waals surface area contributed by atoms with E-state index in [0.717, 1.165) is 79.0 Å². The summed E-state index contributed by atoms with van der Waals surface area (Å²) in [5.74, 6) is 0.596. The molecule has 2 amide bonds. The van der Waals surface area contributed by atoms with Crippen LogP contribution >= 0.6 is 0 Å². The lowest BCUT2D eigenvalue weighted by atomic mass is 9.74. The third-order valence-corrected chi connectivity index (χ3v) is 11.9. The van der Waals surface area contributed by atoms with Gasteiger partial charge in [0, 0.05) is 63.4 Å². The van der Waals surface area contributed by atoms with Crippen LogP contribution in [0.25, 0.3) is 0 Å². The molecule has 5 aliphatic rings. The second-order valence-electron chi connectivity index (χ2n) is 16.8. The Hall–Kier alpha value is -4.30. The quantitative estimate of drug-likeness (QED) is 0.356. The van der Waals surface area contributed by atoms with Gasteiger partial charge in [-0.1, -0.05) is 6.07 Å². The highest BCUT2D eigenvalue weighted by Gasteiger charge is 2.50. The van der Waals surface area contributed by atoms with Gasteiger partial charge in [-0.25, -0.2) is 9.18 Å². The summed E-state index contributed by atoms with van der Waals surface area (Å²) in [6, 6.07) is 8.09. The summed E-state index contributed by atoms with van der Waals surface area (Å²) < 4.78 is 30.1. The number of aromatic nitrogens is 4. The summed E-state index contributed by atoms with van der Waals surface area (Å²) in [5.41, 5.74) is 4.15. The third kappa shape index (κ3) is 6.41. The van der Waals surface area contributed by atoms with Crippen LogP contribution in [0.2, 0.25) is 0 Å². The van der Waals surface area contributed by atoms with Crippen molar-refractivity contribution in [1.29, 1.82) is 0 Å². The maximum absolute atomic E-state index is 14.7. The van der Waals surface area contributed by atoms with Gasteiger partial charge >= 0.3 is 12.1 Å². The van der Waals surface area contributed by atoms with Crippen LogP contribution in [-0.4, -0.2) is 104 Å². The summed E-state index contributed by atoms with van der Waals surface area (Å²) in [7, 11) is 3.45. The number of hydrogen-bond donors (Lipinski definition) is 1. The first-order valence-electron chi connectivity index (χ1n) is 19.0. The van der Waals surface area contributed by atoms with Gasteiger partial charge in [0.2, 0.25) is 0 Å². The first-order valence-corrected chi connectivity index (χ1v) is 19.0. The largest absolute Gasteiger partial charge is 0.465 e. The molecule has 3 atom stereocenters. The second-order valence-corrected chi connectivity index (χ2v) is 16.8. The summed E-state index contributed by atoms with van der Waals surface area (Å²) in [4.78, 5) is 42.9. The maximum atomic E-state index is 14.7. The fourth-order valence-electron chi connectivity index (χ4n) is 9.43. The molecule has 8 rings (SSSR count). The monoisotopic (exact) mass is 730 g/mol. The van der Waals surface area contributed by atoms with Crippen molar-refractivity contribution in [1.82, 2.24) is 29.5 Å². The molecule has 13 nitrogen and oxygen atoms in total. The molecule has 1 spiro atoms. The summed E-state index contributed by atoms with van der Waals surface area (Å²) in [5, 5.41) is 14.9. The molecule has 284 valence electrons. The molecule has 2 saturated heterocycles. The van der Waals surface area contributed by atoms with Gasteiger partial charge in [-0.2, -0.15) is 15.1 Å². The zero-order valence-electron chi connectivity index (χ0n) is 31.5. The van der Waals surface area contributed by atoms with E-state index in [2.05, 4.69) is 14.9 Å². The zero-order chi connectivity index (χ0) is 37.3. The van der Waals surface area contributed by atoms with Crippen LogP contribution in [-0.2, 0) is 42.9 Å². The molecule has 6 heterocycles. The van der Waals surface area contributed by atoms with E-state index >= 15 is 0 Å². The molecule has 4 aliphatic heterocycles. The Bertz CT molecular complexity index is 1930. The Morgan fingerprint density at radius 2 is 1.92 bits per heavy atom. The number of aryl methyl sites for hydroxylation is 2. The molecule has 0 radical (unpaired) electrons. The third-order valence-electron chi connectivity index (χ3n) is 11.9. The lowest BCUT2D eigenvalue weighted by Gasteiger charge is -2.43. The molecule has 2 fully saturated rings. The van der Waals surface area contributed by atoms with E-state index < -0.39 is 23.4 Å². The molecule has 0 bridgehead atoms. The summed E-state index contributed by atoms with van der Waals surface area (Å²) in [6.45, 7) is 9.46. The Labute approximate surface area is 310 Å². The van der Waals surface area contributed by atoms with Gasteiger partial charge in [0.25, 0.3) is 5.91 Å². The Morgan fingerprint density at radius 1 is 1.09 bits per heavy atom. The summed E-state index contributed by atoms with van der Waals surface area (Å²) >= 11 is 0. The highest BCUT2D eigenvalue weighted by molar-refractivity contribution is 5.92. The molecule has 2 aromatic heterocycles. The van der Waals surface area contributed by atoms with Crippen LogP contribution < -0.4 is 14.5 Å². The molecular weight excluding hydrogens is 679 g/mol. The lowest BCUT2D eigenvalue weighted by Crippen LogP contribution is -2.46. The van der Waals surface area contributed by atoms with Crippen LogP contribution in [0.3, 0.4) is 0 Å². The second kappa shape index (κ2) is 13.2. The first-order chi connectivity index (χ1) is 25.2. The number of alkyl halides is 1. The molecule has 3 aromatic rings. The van der Waals surface area contributed by atoms with Crippen molar-refractivity contribution in [2.24, 2.45) is 0 Å². The minimum atomic E-state index is -1.00. The smallest absolute Gasteiger partial charge is 0.412 e. The highest BCUT2D eigenvalue weighted by Crippen LogP contribution is 2.48. The number of halogens is 1. The van der Waals surface area contributed by atoms with E-state index in [-0.39, 0.29) is 24.1 Å². The molecule has 1 N–H and O–H groups in total. The van der Waals surface area contributed by atoms with E-state index in [0.29, 0.717) is 57.0 Å². The van der Waals surface area contributed by atoms with Gasteiger partial charge in [-0.05, 0) is 95.2 Å². The topological polar surface area (TPSA) is 129 Å². The van der Waals surface area contributed by atoms with Gasteiger partial charge in [0.15, 0.2) is 5.69 Å². The SMILES string of the molecule is CN(C)C(=O)c1cc2n(n1)CCCN(c1nc(OC[C@@]34CCCN3C[C@H](F)C4)nc3c1COC1(CCCc4ccc(N(C(=O)O)C(C)(C)C)cc41)C3)C2. The van der Waals surface area contributed by atoms with Crippen molar-refractivity contribution in [2.45, 2.75) is 115 Å². The Balaban J connectivity index is 1.17. The molecule has 14 heteroatoms. The van der Waals surface area contributed by atoms with Crippen molar-refractivity contribution in [3.05, 3.63) is 58.0 Å². The number of ether oxygens (including phenoxy) is 2. The minimum absolute atomic E-state index is 0.140. The summed E-state index contributed by atoms with van der Waals surface area (Å²) in [6.07, 6.45) is 4.33. The van der Waals surface area contributed by atoms with Gasteiger partial charge in [0.05, 0.1) is 35.7 Å². The Morgan fingerprint density at radius 3 is 2.70 bits per heavy atom. The highest BCUT2D eigenvalue weighted by atomic mass is 19.1. The van der Waals surface area contributed by atoms with E-state index in [9.17, 15) is 19.1 Å². The number of carbonyl (C=O) groups is 2. The van der Waals surface area contributed by atoms with Crippen molar-refractivity contribution in [3.8, 4) is 6.01 Å². The standard InChI is InChI=1S/C39H51FN8O5/c1-37(2,3)48(36(50)51)27-11-10-25-9-6-13-39(30(25)17-27)20-32-29(23-53-39)33(42-35(41-32)52-24-38-12-7-15-46(38)21-26(40)19-38)45-14-8-16-47-28(22-45)18-31(43-47)34(49)44(4)5/h10-11,17-18,26H,6-9,12-16,19-24H2,1-5H3,(H,50,51)/t26-,38+,39?/m1/s1. The number of nitrogens with zero attached hydrogens (tertiary/aromatic N) is 8. The number of carbonyl (C=O) groups excluding carboxylic acids is 1. The number of amides is 2. The van der Waals surface area contributed by atoms with E-state index in [1.54, 1.807) is 14.1 Å². The predicted octanol–water partition coefficient (Wildman–Crippen LogP) is 5.33. The average Bonchev–Trinajstić information content (AvgIpc) is 3.73. The molecule has 0 saturated carbocycles. The zero-order valence-corrected chi connectivity index (χ0v) is 31.5. The molecular formula is C39H51FN8O5. The van der Waals surface area contributed by atoms with Gasteiger partial charge in [0.1, 0.15) is 18.6 Å². The lowest BCUT2D eigenvalue weighted by molar-refractivity contribution is -0.0855. The number of carboxylic acid groups (broad SMARTS) is 1. The van der Waals surface area contributed by atoms with Crippen molar-refractivity contribution >= 4 is 23.5 Å². The minimum Gasteiger partial charge on any atom is -0.465 e. The number of benzene rings is 1. The van der Waals surface area contributed by atoms with E-state index in [4.69, 9.17) is 19.4 Å². The average molecular weight is 731 g/mol. The van der Waals surface area contributed by atoms with Crippen LogP contribution in [0.4, 0.5) is 20.7 Å². The normalized spacial score (nSPS) is 25.3. The molecule has 1 aromatic carbocycles. The van der Waals surface area contributed by atoms with Gasteiger partial charge in [-0.3, -0.25) is 19.3 Å². The van der Waals surface area contributed by atoms with Crippen LogP contribution in [0.5, 0.6) is 6.01 Å². The van der Waals surface area contributed by atoms with E-state index in [1.807, 2.05) is 49.7 Å². The van der Waals surface area contributed by atoms with Crippen molar-refractivity contribution in [3.63, 3.8) is 0 Å². The van der Waals surface area contributed by atoms with E-state index in [1.165, 1.54) is 9.80 Å². The number of fused-ring (bicyclic) bond motifs is 5. The van der Waals surface area contributed by atoms with Gasteiger partial charge in [-0.15, -0.1) is 0 Å².